The molecule has 0 aromatic carbocycles. The summed E-state index contributed by atoms with van der Waals surface area (Å²) in [6, 6.07) is 1.72. The second-order valence-corrected chi connectivity index (χ2v) is 5.91. The standard InChI is InChI=1S/C6H6BrF2NO2S2/c7-4-1-2-13-5(4)3-10-14(11,12)6(8)9/h1-2,6,10H,3H2. The Hall–Kier alpha value is -0.0500. The van der Waals surface area contributed by atoms with Gasteiger partial charge in [-0.05, 0) is 27.4 Å². The molecule has 0 fully saturated rings. The van der Waals surface area contributed by atoms with Crippen molar-refractivity contribution in [3.8, 4) is 0 Å². The molecule has 0 aliphatic carbocycles. The fourth-order valence-electron chi connectivity index (χ4n) is 0.680. The summed E-state index contributed by atoms with van der Waals surface area (Å²) in [5.74, 6) is -3.39. The Kier molecular flexibility index (Phi) is 3.99. The maximum absolute atomic E-state index is 11.9. The molecule has 0 amide bonds. The maximum Gasteiger partial charge on any atom is 0.350 e. The third-order valence-corrected chi connectivity index (χ3v) is 4.30. The van der Waals surface area contributed by atoms with Gasteiger partial charge in [0, 0.05) is 15.9 Å². The highest BCUT2D eigenvalue weighted by Crippen LogP contribution is 2.22. The van der Waals surface area contributed by atoms with E-state index in [-0.39, 0.29) is 6.54 Å². The van der Waals surface area contributed by atoms with Crippen LogP contribution in [0.1, 0.15) is 4.88 Å². The third kappa shape index (κ3) is 2.97. The molecule has 1 N–H and O–H groups in total. The minimum Gasteiger partial charge on any atom is -0.206 e. The zero-order valence-corrected chi connectivity index (χ0v) is 9.93. The van der Waals surface area contributed by atoms with Crippen molar-refractivity contribution in [3.05, 3.63) is 20.8 Å². The number of sulfonamides is 1. The molecular formula is C6H6BrF2NO2S2. The Morgan fingerprint density at radius 1 is 1.57 bits per heavy atom. The molecular weight excluding hydrogens is 300 g/mol. The quantitative estimate of drug-likeness (QED) is 0.926. The topological polar surface area (TPSA) is 46.2 Å². The van der Waals surface area contributed by atoms with Crippen LogP contribution in [0.5, 0.6) is 0 Å². The van der Waals surface area contributed by atoms with E-state index in [1.165, 1.54) is 11.3 Å². The molecule has 0 aliphatic heterocycles. The second kappa shape index (κ2) is 4.65. The van der Waals surface area contributed by atoms with Crippen LogP contribution in [0.3, 0.4) is 0 Å². The molecule has 0 bridgehead atoms. The van der Waals surface area contributed by atoms with Crippen molar-refractivity contribution in [2.24, 2.45) is 0 Å². The molecule has 0 aliphatic rings. The van der Waals surface area contributed by atoms with Crippen molar-refractivity contribution in [1.82, 2.24) is 4.72 Å². The zero-order valence-electron chi connectivity index (χ0n) is 6.71. The fraction of sp³-hybridized carbons (Fsp3) is 0.333. The lowest BCUT2D eigenvalue weighted by atomic mass is 10.5. The predicted molar refractivity (Wildman–Crippen MR) is 53.8 cm³/mol. The van der Waals surface area contributed by atoms with Gasteiger partial charge >= 0.3 is 5.76 Å². The molecule has 8 heteroatoms. The molecule has 80 valence electrons. The highest BCUT2D eigenvalue weighted by molar-refractivity contribution is 9.10. The highest BCUT2D eigenvalue weighted by Gasteiger charge is 2.23. The largest absolute Gasteiger partial charge is 0.350 e. The average Bonchev–Trinajstić information content (AvgIpc) is 2.47. The van der Waals surface area contributed by atoms with Crippen LogP contribution in [0.2, 0.25) is 0 Å². The molecule has 1 aromatic heterocycles. The first-order valence-corrected chi connectivity index (χ1v) is 6.64. The number of hydrogen-bond acceptors (Lipinski definition) is 3. The number of hydrogen-bond donors (Lipinski definition) is 1. The Morgan fingerprint density at radius 3 is 2.64 bits per heavy atom. The normalized spacial score (nSPS) is 12.3. The van der Waals surface area contributed by atoms with Crippen LogP contribution in [0.25, 0.3) is 0 Å². The lowest BCUT2D eigenvalue weighted by molar-refractivity contribution is 0.232. The first kappa shape index (κ1) is 12.0. The SMILES string of the molecule is O=S(=O)(NCc1sccc1Br)C(F)F. The van der Waals surface area contributed by atoms with Crippen molar-refractivity contribution in [1.29, 1.82) is 0 Å². The van der Waals surface area contributed by atoms with Crippen molar-refractivity contribution >= 4 is 37.3 Å². The van der Waals surface area contributed by atoms with Gasteiger partial charge < -0.3 is 0 Å². The van der Waals surface area contributed by atoms with Gasteiger partial charge in [-0.3, -0.25) is 0 Å². The van der Waals surface area contributed by atoms with Gasteiger partial charge in [0.2, 0.25) is 0 Å². The van der Waals surface area contributed by atoms with Crippen molar-refractivity contribution in [2.45, 2.75) is 12.3 Å². The van der Waals surface area contributed by atoms with Crippen molar-refractivity contribution < 1.29 is 17.2 Å². The highest BCUT2D eigenvalue weighted by atomic mass is 79.9. The first-order chi connectivity index (χ1) is 6.43. The molecule has 0 saturated carbocycles. The van der Waals surface area contributed by atoms with Gasteiger partial charge in [-0.1, -0.05) is 0 Å². The van der Waals surface area contributed by atoms with E-state index >= 15 is 0 Å². The minimum atomic E-state index is -4.49. The predicted octanol–water partition coefficient (Wildman–Crippen LogP) is 2.15. The lowest BCUT2D eigenvalue weighted by Crippen LogP contribution is -2.28. The van der Waals surface area contributed by atoms with Crippen molar-refractivity contribution in [3.63, 3.8) is 0 Å². The summed E-state index contributed by atoms with van der Waals surface area (Å²) >= 11 is 4.44. The zero-order chi connectivity index (χ0) is 10.8. The summed E-state index contributed by atoms with van der Waals surface area (Å²) in [5, 5.41) is 1.73. The van der Waals surface area contributed by atoms with Gasteiger partial charge in [0.25, 0.3) is 10.0 Å². The molecule has 0 saturated heterocycles. The van der Waals surface area contributed by atoms with Gasteiger partial charge in [-0.2, -0.15) is 8.78 Å². The van der Waals surface area contributed by atoms with E-state index in [1.807, 2.05) is 0 Å². The third-order valence-electron chi connectivity index (χ3n) is 1.36. The Morgan fingerprint density at radius 2 is 2.21 bits per heavy atom. The Bertz CT molecular complexity index is 404. The molecule has 1 heterocycles. The van der Waals surface area contributed by atoms with Crippen LogP contribution in [0.15, 0.2) is 15.9 Å². The average molecular weight is 306 g/mol. The maximum atomic E-state index is 11.9. The van der Waals surface area contributed by atoms with Gasteiger partial charge in [0.05, 0.1) is 0 Å². The molecule has 14 heavy (non-hydrogen) atoms. The molecule has 1 aromatic rings. The van der Waals surface area contributed by atoms with Crippen LogP contribution in [-0.2, 0) is 16.6 Å². The Labute approximate surface area is 92.3 Å². The van der Waals surface area contributed by atoms with Crippen LogP contribution < -0.4 is 4.72 Å². The van der Waals surface area contributed by atoms with Gasteiger partial charge in [-0.25, -0.2) is 13.1 Å². The van der Waals surface area contributed by atoms with Gasteiger partial charge in [0.1, 0.15) is 0 Å². The minimum absolute atomic E-state index is 0.120. The monoisotopic (exact) mass is 305 g/mol. The van der Waals surface area contributed by atoms with E-state index in [0.29, 0.717) is 9.35 Å². The summed E-state index contributed by atoms with van der Waals surface area (Å²) in [6.07, 6.45) is 0. The summed E-state index contributed by atoms with van der Waals surface area (Å²) < 4.78 is 47.6. The number of thiophene rings is 1. The van der Waals surface area contributed by atoms with Crippen LogP contribution in [-0.4, -0.2) is 14.2 Å². The van der Waals surface area contributed by atoms with Crippen molar-refractivity contribution in [2.75, 3.05) is 0 Å². The molecule has 0 unspecified atom stereocenters. The molecule has 0 radical (unpaired) electrons. The van der Waals surface area contributed by atoms with Crippen LogP contribution >= 0.6 is 27.3 Å². The summed E-state index contributed by atoms with van der Waals surface area (Å²) in [6.45, 7) is -0.120. The number of rotatable bonds is 4. The molecule has 0 atom stereocenters. The number of halogens is 3. The summed E-state index contributed by atoms with van der Waals surface area (Å²) in [4.78, 5) is 0.661. The van der Waals surface area contributed by atoms with E-state index in [1.54, 1.807) is 16.2 Å². The van der Waals surface area contributed by atoms with Crippen LogP contribution in [0.4, 0.5) is 8.78 Å². The van der Waals surface area contributed by atoms with E-state index in [4.69, 9.17) is 0 Å². The second-order valence-electron chi connectivity index (χ2n) is 2.32. The summed E-state index contributed by atoms with van der Waals surface area (Å²) in [5.41, 5.74) is 0. The fourth-order valence-corrected chi connectivity index (χ4v) is 2.68. The molecule has 0 spiro atoms. The smallest absolute Gasteiger partial charge is 0.206 e. The summed E-state index contributed by atoms with van der Waals surface area (Å²) in [7, 11) is -4.49. The van der Waals surface area contributed by atoms with E-state index in [2.05, 4.69) is 15.9 Å². The van der Waals surface area contributed by atoms with E-state index < -0.39 is 15.8 Å². The van der Waals surface area contributed by atoms with Crippen LogP contribution in [0, 0.1) is 0 Å². The van der Waals surface area contributed by atoms with E-state index in [9.17, 15) is 17.2 Å². The first-order valence-electron chi connectivity index (χ1n) is 3.42. The Balaban J connectivity index is 2.62. The van der Waals surface area contributed by atoms with Gasteiger partial charge in [-0.15, -0.1) is 11.3 Å². The molecule has 3 nitrogen and oxygen atoms in total. The number of nitrogens with one attached hydrogen (secondary N) is 1. The van der Waals surface area contributed by atoms with E-state index in [0.717, 1.165) is 0 Å². The lowest BCUT2D eigenvalue weighted by Gasteiger charge is -2.03. The van der Waals surface area contributed by atoms with Gasteiger partial charge in [0.15, 0.2) is 0 Å². The molecule has 1 rings (SSSR count). The number of alkyl halides is 2.